The molecule has 2 aromatic heterocycles. The number of carbonyl (C=O) groups excluding carboxylic acids is 1. The van der Waals surface area contributed by atoms with Gasteiger partial charge in [0.1, 0.15) is 5.54 Å². The van der Waals surface area contributed by atoms with Gasteiger partial charge < -0.3 is 13.9 Å². The summed E-state index contributed by atoms with van der Waals surface area (Å²) in [4.78, 5) is 14.6. The second-order valence-electron chi connectivity index (χ2n) is 6.70. The Bertz CT molecular complexity index is 802. The first-order valence-electron chi connectivity index (χ1n) is 8.77. The minimum atomic E-state index is -0.677. The summed E-state index contributed by atoms with van der Waals surface area (Å²) < 4.78 is 7.18. The Morgan fingerprint density at radius 3 is 2.77 bits per heavy atom. The van der Waals surface area contributed by atoms with Gasteiger partial charge in [-0.2, -0.15) is 5.26 Å². The van der Waals surface area contributed by atoms with Crippen LogP contribution in [-0.4, -0.2) is 43.4 Å². The zero-order valence-electron chi connectivity index (χ0n) is 15.3. The highest BCUT2D eigenvalue weighted by molar-refractivity contribution is 8.00. The Hall–Kier alpha value is -2.27. The maximum absolute atomic E-state index is 12.9. The molecule has 1 saturated carbocycles. The number of nitrogens with zero attached hydrogens (tertiary/aromatic N) is 5. The van der Waals surface area contributed by atoms with Crippen LogP contribution < -0.4 is 0 Å². The number of carbonyl (C=O) groups is 1. The Morgan fingerprint density at radius 1 is 1.42 bits per heavy atom. The molecule has 0 N–H and O–H groups in total. The van der Waals surface area contributed by atoms with Crippen LogP contribution in [0.1, 0.15) is 39.0 Å². The maximum Gasteiger partial charge on any atom is 0.236 e. The van der Waals surface area contributed by atoms with Crippen molar-refractivity contribution in [1.82, 2.24) is 19.7 Å². The molecule has 1 atom stereocenters. The number of hydrogen-bond acceptors (Lipinski definition) is 6. The van der Waals surface area contributed by atoms with E-state index in [1.807, 2.05) is 24.6 Å². The van der Waals surface area contributed by atoms with Crippen LogP contribution in [0.4, 0.5) is 0 Å². The van der Waals surface area contributed by atoms with Crippen molar-refractivity contribution in [2.75, 3.05) is 7.05 Å². The lowest BCUT2D eigenvalue weighted by atomic mass is 9.81. The van der Waals surface area contributed by atoms with Gasteiger partial charge in [0, 0.05) is 14.1 Å². The van der Waals surface area contributed by atoms with Crippen molar-refractivity contribution in [2.45, 2.75) is 55.0 Å². The summed E-state index contributed by atoms with van der Waals surface area (Å²) in [5, 5.41) is 18.3. The van der Waals surface area contributed by atoms with Gasteiger partial charge in [0.2, 0.25) is 5.91 Å². The molecule has 0 spiro atoms. The molecule has 0 radical (unpaired) electrons. The Kier molecular flexibility index (Phi) is 5.37. The molecule has 3 rings (SSSR count). The largest absolute Gasteiger partial charge is 0.461 e. The smallest absolute Gasteiger partial charge is 0.236 e. The van der Waals surface area contributed by atoms with E-state index >= 15 is 0 Å². The quantitative estimate of drug-likeness (QED) is 0.748. The average Bonchev–Trinajstić information content (AvgIpc) is 3.31. The third-order valence-electron chi connectivity index (χ3n) is 5.07. The Labute approximate surface area is 157 Å². The molecular weight excluding hydrogens is 350 g/mol. The van der Waals surface area contributed by atoms with E-state index in [9.17, 15) is 10.1 Å². The predicted molar refractivity (Wildman–Crippen MR) is 98.2 cm³/mol. The molecule has 1 amide bonds. The summed E-state index contributed by atoms with van der Waals surface area (Å²) in [7, 11) is 3.60. The summed E-state index contributed by atoms with van der Waals surface area (Å²) in [6.07, 6.45) is 6.18. The third-order valence-corrected chi connectivity index (χ3v) is 6.19. The van der Waals surface area contributed by atoms with Crippen LogP contribution in [0.5, 0.6) is 0 Å². The minimum absolute atomic E-state index is 0.0546. The number of hydrogen-bond donors (Lipinski definition) is 0. The summed E-state index contributed by atoms with van der Waals surface area (Å²) in [6.45, 7) is 1.85. The maximum atomic E-state index is 12.9. The number of aromatic nitrogens is 3. The average molecular weight is 373 g/mol. The van der Waals surface area contributed by atoms with Crippen molar-refractivity contribution >= 4 is 17.7 Å². The fourth-order valence-electron chi connectivity index (χ4n) is 3.39. The molecule has 8 heteroatoms. The van der Waals surface area contributed by atoms with Crippen LogP contribution in [0.25, 0.3) is 11.6 Å². The van der Waals surface area contributed by atoms with Crippen LogP contribution in [0, 0.1) is 11.3 Å². The SMILES string of the molecule is C[C@@H](Sc1nnc(-c2ccco2)n1C)C(=O)N(C)C1(C#N)CCCCC1. The van der Waals surface area contributed by atoms with E-state index in [4.69, 9.17) is 4.42 Å². The first kappa shape index (κ1) is 18.5. The highest BCUT2D eigenvalue weighted by Gasteiger charge is 2.40. The molecule has 7 nitrogen and oxygen atoms in total. The van der Waals surface area contributed by atoms with Crippen LogP contribution in [0.15, 0.2) is 28.0 Å². The van der Waals surface area contributed by atoms with Crippen molar-refractivity contribution < 1.29 is 9.21 Å². The van der Waals surface area contributed by atoms with Gasteiger partial charge in [-0.3, -0.25) is 4.79 Å². The molecule has 1 aliphatic rings. The molecule has 2 heterocycles. The molecule has 0 saturated heterocycles. The van der Waals surface area contributed by atoms with Gasteiger partial charge in [0.25, 0.3) is 0 Å². The van der Waals surface area contributed by atoms with Gasteiger partial charge >= 0.3 is 0 Å². The normalized spacial score (nSPS) is 17.5. The number of amides is 1. The highest BCUT2D eigenvalue weighted by atomic mass is 32.2. The molecule has 0 unspecified atom stereocenters. The minimum Gasteiger partial charge on any atom is -0.461 e. The monoisotopic (exact) mass is 373 g/mol. The van der Waals surface area contributed by atoms with E-state index in [1.165, 1.54) is 11.8 Å². The molecule has 2 aromatic rings. The molecule has 1 fully saturated rings. The van der Waals surface area contributed by atoms with Crippen molar-refractivity contribution in [1.29, 1.82) is 5.26 Å². The van der Waals surface area contributed by atoms with Crippen LogP contribution in [0.3, 0.4) is 0 Å². The van der Waals surface area contributed by atoms with Gasteiger partial charge in [-0.05, 0) is 31.9 Å². The molecule has 0 aromatic carbocycles. The van der Waals surface area contributed by atoms with E-state index in [0.717, 1.165) is 32.1 Å². The van der Waals surface area contributed by atoms with E-state index in [1.54, 1.807) is 24.3 Å². The second kappa shape index (κ2) is 7.54. The van der Waals surface area contributed by atoms with E-state index in [2.05, 4.69) is 16.3 Å². The standard InChI is InChI=1S/C18H23N5O2S/c1-13(16(24)23(3)18(12-19)9-5-4-6-10-18)26-17-21-20-15(22(17)2)14-8-7-11-25-14/h7-8,11,13H,4-6,9-10H2,1-3H3/t13-/m1/s1. The molecule has 1 aliphatic carbocycles. The molecule has 138 valence electrons. The topological polar surface area (TPSA) is 87.9 Å². The molecule has 0 bridgehead atoms. The fraction of sp³-hybridized carbons (Fsp3) is 0.556. The lowest BCUT2D eigenvalue weighted by molar-refractivity contribution is -0.133. The van der Waals surface area contributed by atoms with E-state index in [-0.39, 0.29) is 11.2 Å². The van der Waals surface area contributed by atoms with Gasteiger partial charge in [-0.1, -0.05) is 31.0 Å². The number of nitriles is 1. The summed E-state index contributed by atoms with van der Waals surface area (Å²) in [5.41, 5.74) is -0.677. The number of rotatable bonds is 5. The number of furan rings is 1. The van der Waals surface area contributed by atoms with Crippen LogP contribution >= 0.6 is 11.8 Å². The highest BCUT2D eigenvalue weighted by Crippen LogP contribution is 2.34. The van der Waals surface area contributed by atoms with Gasteiger partial charge in [-0.15, -0.1) is 10.2 Å². The van der Waals surface area contributed by atoms with Crippen molar-refractivity contribution in [3.05, 3.63) is 18.4 Å². The van der Waals surface area contributed by atoms with Gasteiger partial charge in [0.05, 0.1) is 17.6 Å². The summed E-state index contributed by atoms with van der Waals surface area (Å²) in [5.74, 6) is 1.20. The third kappa shape index (κ3) is 3.36. The lowest BCUT2D eigenvalue weighted by Crippen LogP contribution is -2.52. The lowest BCUT2D eigenvalue weighted by Gasteiger charge is -2.40. The van der Waals surface area contributed by atoms with Gasteiger partial charge in [-0.25, -0.2) is 0 Å². The zero-order chi connectivity index (χ0) is 18.7. The molecule has 26 heavy (non-hydrogen) atoms. The fourth-order valence-corrected chi connectivity index (χ4v) is 4.30. The van der Waals surface area contributed by atoms with E-state index in [0.29, 0.717) is 16.7 Å². The van der Waals surface area contributed by atoms with Gasteiger partial charge in [0.15, 0.2) is 16.7 Å². The molecule has 0 aliphatic heterocycles. The summed E-state index contributed by atoms with van der Waals surface area (Å²) in [6, 6.07) is 6.02. The first-order valence-corrected chi connectivity index (χ1v) is 9.65. The van der Waals surface area contributed by atoms with Crippen LogP contribution in [-0.2, 0) is 11.8 Å². The Morgan fingerprint density at radius 2 is 2.15 bits per heavy atom. The molecular formula is C18H23N5O2S. The second-order valence-corrected chi connectivity index (χ2v) is 8.01. The first-order chi connectivity index (χ1) is 12.5. The Balaban J connectivity index is 1.73. The van der Waals surface area contributed by atoms with Crippen molar-refractivity contribution in [3.63, 3.8) is 0 Å². The van der Waals surface area contributed by atoms with Crippen LogP contribution in [0.2, 0.25) is 0 Å². The zero-order valence-corrected chi connectivity index (χ0v) is 16.1. The van der Waals surface area contributed by atoms with E-state index < -0.39 is 5.54 Å². The number of thioether (sulfide) groups is 1. The summed E-state index contributed by atoms with van der Waals surface area (Å²) >= 11 is 1.34. The van der Waals surface area contributed by atoms with Crippen molar-refractivity contribution in [2.24, 2.45) is 7.05 Å². The predicted octanol–water partition coefficient (Wildman–Crippen LogP) is 3.24. The van der Waals surface area contributed by atoms with Crippen molar-refractivity contribution in [3.8, 4) is 17.7 Å².